The van der Waals surface area contributed by atoms with E-state index in [1.807, 2.05) is 0 Å². The number of benzene rings is 1. The van der Waals surface area contributed by atoms with Crippen LogP contribution in [0.4, 0.5) is 14.5 Å². The number of rotatable bonds is 1. The molecule has 14 heavy (non-hydrogen) atoms. The van der Waals surface area contributed by atoms with Crippen molar-refractivity contribution in [2.45, 2.75) is 0 Å². The van der Waals surface area contributed by atoms with Crippen molar-refractivity contribution in [1.82, 2.24) is 0 Å². The number of aliphatic carboxylic acids is 1. The summed E-state index contributed by atoms with van der Waals surface area (Å²) in [6, 6.07) is 2.23. The highest BCUT2D eigenvalue weighted by atomic mass is 19.1. The van der Waals surface area contributed by atoms with Crippen LogP contribution in [0, 0.1) is 11.6 Å². The lowest BCUT2D eigenvalue weighted by Crippen LogP contribution is -2.21. The summed E-state index contributed by atoms with van der Waals surface area (Å²) in [4.78, 5) is 20.7. The second-order valence-electron chi connectivity index (χ2n) is 2.42. The lowest BCUT2D eigenvalue weighted by atomic mass is 10.3. The standard InChI is InChI=1S/C8H5F2NO3/c9-4-1-5(10)3-6(2-4)11-7(12)8(13)14/h1-3H,(H,11,12)(H,13,14). The van der Waals surface area contributed by atoms with E-state index in [2.05, 4.69) is 0 Å². The van der Waals surface area contributed by atoms with Gasteiger partial charge in [-0.2, -0.15) is 0 Å². The second-order valence-corrected chi connectivity index (χ2v) is 2.42. The van der Waals surface area contributed by atoms with Gasteiger partial charge < -0.3 is 10.4 Å². The van der Waals surface area contributed by atoms with Crippen LogP contribution in [0.5, 0.6) is 0 Å². The molecule has 0 radical (unpaired) electrons. The van der Waals surface area contributed by atoms with E-state index >= 15 is 0 Å². The molecule has 0 heterocycles. The number of anilines is 1. The Kier molecular flexibility index (Phi) is 2.76. The lowest BCUT2D eigenvalue weighted by Gasteiger charge is -2.01. The van der Waals surface area contributed by atoms with Crippen LogP contribution in [0.2, 0.25) is 0 Å². The van der Waals surface area contributed by atoms with E-state index in [4.69, 9.17) is 5.11 Å². The number of nitrogens with one attached hydrogen (secondary N) is 1. The molecular formula is C8H5F2NO3. The number of carboxylic acid groups (broad SMARTS) is 1. The molecule has 0 fully saturated rings. The largest absolute Gasteiger partial charge is 0.474 e. The monoisotopic (exact) mass is 201 g/mol. The Morgan fingerprint density at radius 3 is 2.07 bits per heavy atom. The summed E-state index contributed by atoms with van der Waals surface area (Å²) in [5.41, 5.74) is -0.241. The highest BCUT2D eigenvalue weighted by Gasteiger charge is 2.11. The molecule has 0 bridgehead atoms. The van der Waals surface area contributed by atoms with Gasteiger partial charge in [0.15, 0.2) is 0 Å². The Balaban J connectivity index is 2.87. The predicted molar refractivity (Wildman–Crippen MR) is 42.6 cm³/mol. The summed E-state index contributed by atoms with van der Waals surface area (Å²) in [5.74, 6) is -4.87. The summed E-state index contributed by atoms with van der Waals surface area (Å²) < 4.78 is 25.1. The van der Waals surface area contributed by atoms with Crippen LogP contribution in [0.25, 0.3) is 0 Å². The first kappa shape index (κ1) is 10.1. The average molecular weight is 201 g/mol. The number of amides is 1. The molecule has 0 saturated heterocycles. The number of carbonyl (C=O) groups excluding carboxylic acids is 1. The number of carboxylic acids is 1. The van der Waals surface area contributed by atoms with Gasteiger partial charge in [-0.25, -0.2) is 13.6 Å². The van der Waals surface area contributed by atoms with Crippen LogP contribution in [-0.2, 0) is 9.59 Å². The molecule has 4 nitrogen and oxygen atoms in total. The highest BCUT2D eigenvalue weighted by molar-refractivity contribution is 6.36. The Morgan fingerprint density at radius 1 is 1.14 bits per heavy atom. The molecular weight excluding hydrogens is 196 g/mol. The minimum Gasteiger partial charge on any atom is -0.474 e. The molecule has 0 aliphatic carbocycles. The summed E-state index contributed by atoms with van der Waals surface area (Å²) in [6.45, 7) is 0. The molecule has 0 spiro atoms. The molecule has 0 aliphatic heterocycles. The smallest absolute Gasteiger partial charge is 0.394 e. The minimum absolute atomic E-state index is 0.241. The van der Waals surface area contributed by atoms with Crippen LogP contribution in [0.1, 0.15) is 0 Å². The van der Waals surface area contributed by atoms with Crippen molar-refractivity contribution in [3.05, 3.63) is 29.8 Å². The molecule has 0 saturated carbocycles. The van der Waals surface area contributed by atoms with Crippen molar-refractivity contribution in [3.8, 4) is 0 Å². The molecule has 6 heteroatoms. The van der Waals surface area contributed by atoms with Crippen molar-refractivity contribution in [2.24, 2.45) is 0 Å². The van der Waals surface area contributed by atoms with Crippen molar-refractivity contribution >= 4 is 17.6 Å². The van der Waals surface area contributed by atoms with E-state index in [-0.39, 0.29) is 5.69 Å². The van der Waals surface area contributed by atoms with Crippen LogP contribution < -0.4 is 5.32 Å². The molecule has 2 N–H and O–H groups in total. The molecule has 74 valence electrons. The highest BCUT2D eigenvalue weighted by Crippen LogP contribution is 2.12. The van der Waals surface area contributed by atoms with Gasteiger partial charge in [-0.05, 0) is 12.1 Å². The van der Waals surface area contributed by atoms with Crippen molar-refractivity contribution < 1.29 is 23.5 Å². The van der Waals surface area contributed by atoms with Gasteiger partial charge in [0.05, 0.1) is 0 Å². The van der Waals surface area contributed by atoms with Gasteiger partial charge in [0.25, 0.3) is 0 Å². The van der Waals surface area contributed by atoms with Gasteiger partial charge in [0.2, 0.25) is 0 Å². The molecule has 0 unspecified atom stereocenters. The number of hydrogen-bond donors (Lipinski definition) is 2. The number of hydrogen-bond acceptors (Lipinski definition) is 2. The second kappa shape index (κ2) is 3.82. The Labute approximate surface area is 77.2 Å². The fraction of sp³-hybridized carbons (Fsp3) is 0. The van der Waals surface area contributed by atoms with E-state index in [9.17, 15) is 18.4 Å². The molecule has 1 amide bonds. The third-order valence-corrected chi connectivity index (χ3v) is 1.31. The van der Waals surface area contributed by atoms with Crippen LogP contribution >= 0.6 is 0 Å². The number of carbonyl (C=O) groups is 2. The quantitative estimate of drug-likeness (QED) is 0.666. The van der Waals surface area contributed by atoms with Gasteiger partial charge in [0, 0.05) is 11.8 Å². The van der Waals surface area contributed by atoms with Crippen molar-refractivity contribution in [3.63, 3.8) is 0 Å². The fourth-order valence-electron chi connectivity index (χ4n) is 0.811. The van der Waals surface area contributed by atoms with Crippen molar-refractivity contribution in [1.29, 1.82) is 0 Å². The molecule has 1 aromatic carbocycles. The van der Waals surface area contributed by atoms with Gasteiger partial charge in [-0.3, -0.25) is 4.79 Å². The molecule has 0 atom stereocenters. The van der Waals surface area contributed by atoms with E-state index in [0.717, 1.165) is 12.1 Å². The normalized spacial score (nSPS) is 9.57. The molecule has 1 rings (SSSR count). The first-order valence-corrected chi connectivity index (χ1v) is 3.49. The Bertz CT molecular complexity index is 372. The summed E-state index contributed by atoms with van der Waals surface area (Å²) in [6.07, 6.45) is 0. The Morgan fingerprint density at radius 2 is 1.64 bits per heavy atom. The summed E-state index contributed by atoms with van der Waals surface area (Å²) >= 11 is 0. The molecule has 0 aliphatic rings. The maximum Gasteiger partial charge on any atom is 0.394 e. The van der Waals surface area contributed by atoms with Gasteiger partial charge in [-0.15, -0.1) is 0 Å². The van der Waals surface area contributed by atoms with Crippen LogP contribution in [0.3, 0.4) is 0 Å². The lowest BCUT2D eigenvalue weighted by molar-refractivity contribution is -0.147. The maximum absolute atomic E-state index is 12.5. The summed E-state index contributed by atoms with van der Waals surface area (Å²) in [5, 5.41) is 9.99. The topological polar surface area (TPSA) is 66.4 Å². The zero-order valence-electron chi connectivity index (χ0n) is 6.75. The third-order valence-electron chi connectivity index (χ3n) is 1.31. The molecule has 1 aromatic rings. The zero-order valence-corrected chi connectivity index (χ0v) is 6.75. The van der Waals surface area contributed by atoms with E-state index in [1.54, 1.807) is 5.32 Å². The third kappa shape index (κ3) is 2.51. The summed E-state index contributed by atoms with van der Waals surface area (Å²) in [7, 11) is 0. The SMILES string of the molecule is O=C(O)C(=O)Nc1cc(F)cc(F)c1. The van der Waals surface area contributed by atoms with Crippen LogP contribution in [0.15, 0.2) is 18.2 Å². The predicted octanol–water partition coefficient (Wildman–Crippen LogP) is 0.988. The van der Waals surface area contributed by atoms with E-state index < -0.39 is 23.5 Å². The van der Waals surface area contributed by atoms with Crippen LogP contribution in [-0.4, -0.2) is 17.0 Å². The maximum atomic E-state index is 12.5. The average Bonchev–Trinajstić information content (AvgIpc) is 2.01. The Hall–Kier alpha value is -1.98. The van der Waals surface area contributed by atoms with E-state index in [1.165, 1.54) is 0 Å². The first-order valence-electron chi connectivity index (χ1n) is 3.49. The first-order chi connectivity index (χ1) is 6.49. The fourth-order valence-corrected chi connectivity index (χ4v) is 0.811. The molecule has 0 aromatic heterocycles. The van der Waals surface area contributed by atoms with Gasteiger partial charge >= 0.3 is 11.9 Å². The number of halogens is 2. The van der Waals surface area contributed by atoms with Gasteiger partial charge in [0.1, 0.15) is 11.6 Å². The van der Waals surface area contributed by atoms with Gasteiger partial charge in [-0.1, -0.05) is 0 Å². The van der Waals surface area contributed by atoms with Crippen molar-refractivity contribution in [2.75, 3.05) is 5.32 Å². The minimum atomic E-state index is -1.73. The van der Waals surface area contributed by atoms with E-state index in [0.29, 0.717) is 6.07 Å². The zero-order chi connectivity index (χ0) is 10.7.